The summed E-state index contributed by atoms with van der Waals surface area (Å²) in [5.74, 6) is -0.789. The Kier molecular flexibility index (Phi) is 7.11. The Morgan fingerprint density at radius 1 is 1.27 bits per heavy atom. The lowest BCUT2D eigenvalue weighted by Gasteiger charge is -2.21. The number of carbonyl (C=O) groups excluding carboxylic acids is 1. The number of ether oxygens (including phenoxy) is 1. The summed E-state index contributed by atoms with van der Waals surface area (Å²) in [7, 11) is -3.63. The van der Waals surface area contributed by atoms with Gasteiger partial charge in [-0.2, -0.15) is 17.5 Å². The molecule has 0 bridgehead atoms. The van der Waals surface area contributed by atoms with Crippen LogP contribution in [-0.2, 0) is 19.6 Å². The van der Waals surface area contributed by atoms with Crippen molar-refractivity contribution in [1.29, 1.82) is 0 Å². The molecule has 1 saturated carbocycles. The Morgan fingerprint density at radius 2 is 1.91 bits per heavy atom. The van der Waals surface area contributed by atoms with Crippen molar-refractivity contribution < 1.29 is 31.1 Å². The molecule has 0 heterocycles. The van der Waals surface area contributed by atoms with Crippen LogP contribution >= 0.6 is 0 Å². The normalized spacial score (nSPS) is 16.0. The maximum Gasteiger partial charge on any atom is 0.389 e. The average molecular weight is 345 g/mol. The summed E-state index contributed by atoms with van der Waals surface area (Å²) < 4.78 is 66.5. The van der Waals surface area contributed by atoms with Gasteiger partial charge in [-0.25, -0.2) is 8.42 Å². The number of unbranched alkanes of at least 4 members (excludes halogenated alkanes) is 1. The molecule has 22 heavy (non-hydrogen) atoms. The highest BCUT2D eigenvalue weighted by molar-refractivity contribution is 7.89. The molecule has 0 aromatic rings. The molecule has 0 aromatic heterocycles. The van der Waals surface area contributed by atoms with E-state index in [1.165, 1.54) is 4.31 Å². The van der Waals surface area contributed by atoms with Gasteiger partial charge in [0.15, 0.2) is 0 Å². The largest absolute Gasteiger partial charge is 0.466 e. The maximum absolute atomic E-state index is 12.2. The van der Waals surface area contributed by atoms with Crippen LogP contribution in [0.15, 0.2) is 0 Å². The number of sulfonamides is 1. The van der Waals surface area contributed by atoms with Gasteiger partial charge < -0.3 is 4.74 Å². The molecule has 1 aliphatic carbocycles. The number of hydrogen-bond acceptors (Lipinski definition) is 4. The molecule has 0 saturated heterocycles. The van der Waals surface area contributed by atoms with E-state index in [2.05, 4.69) is 0 Å². The predicted octanol–water partition coefficient (Wildman–Crippen LogP) is 2.47. The molecule has 0 amide bonds. The lowest BCUT2D eigenvalue weighted by Crippen LogP contribution is -2.36. The molecular formula is C13H22F3NO4S. The van der Waals surface area contributed by atoms with E-state index in [0.717, 1.165) is 12.8 Å². The predicted molar refractivity (Wildman–Crippen MR) is 74.7 cm³/mol. The Balaban J connectivity index is 2.45. The molecule has 1 fully saturated rings. The molecule has 5 nitrogen and oxygen atoms in total. The van der Waals surface area contributed by atoms with Crippen LogP contribution < -0.4 is 0 Å². The first-order chi connectivity index (χ1) is 10.2. The van der Waals surface area contributed by atoms with Crippen molar-refractivity contribution >= 4 is 16.0 Å². The number of halogens is 3. The standard InChI is InChI=1S/C13H22F3NO4S/c1-2-21-12(18)7-9-17(11-5-6-11)22(19,20)10-4-3-8-13(14,15)16/h11H,2-10H2,1H3. The third kappa shape index (κ3) is 7.44. The fourth-order valence-corrected chi connectivity index (χ4v) is 3.91. The maximum atomic E-state index is 12.2. The smallest absolute Gasteiger partial charge is 0.389 e. The van der Waals surface area contributed by atoms with Gasteiger partial charge in [0, 0.05) is 19.0 Å². The number of nitrogens with zero attached hydrogens (tertiary/aromatic N) is 1. The first-order valence-electron chi connectivity index (χ1n) is 7.37. The van der Waals surface area contributed by atoms with Gasteiger partial charge >= 0.3 is 12.1 Å². The molecule has 0 radical (unpaired) electrons. The molecule has 0 aromatic carbocycles. The van der Waals surface area contributed by atoms with Gasteiger partial charge in [-0.3, -0.25) is 4.79 Å². The highest BCUT2D eigenvalue weighted by Crippen LogP contribution is 2.30. The van der Waals surface area contributed by atoms with Crippen LogP contribution in [0, 0.1) is 0 Å². The summed E-state index contributed by atoms with van der Waals surface area (Å²) in [4.78, 5) is 11.3. The number of carbonyl (C=O) groups is 1. The van der Waals surface area contributed by atoms with E-state index in [-0.39, 0.29) is 44.2 Å². The van der Waals surface area contributed by atoms with E-state index >= 15 is 0 Å². The summed E-state index contributed by atoms with van der Waals surface area (Å²) in [6.45, 7) is 1.92. The van der Waals surface area contributed by atoms with Gasteiger partial charge in [-0.05, 0) is 32.6 Å². The quantitative estimate of drug-likeness (QED) is 0.451. The summed E-state index contributed by atoms with van der Waals surface area (Å²) in [6, 6.07) is -0.123. The topological polar surface area (TPSA) is 63.7 Å². The minimum Gasteiger partial charge on any atom is -0.466 e. The molecule has 0 spiro atoms. The zero-order valence-electron chi connectivity index (χ0n) is 12.6. The Morgan fingerprint density at radius 3 is 2.41 bits per heavy atom. The van der Waals surface area contributed by atoms with E-state index < -0.39 is 28.6 Å². The van der Waals surface area contributed by atoms with Crippen molar-refractivity contribution in [3.8, 4) is 0 Å². The SMILES string of the molecule is CCOC(=O)CCN(C1CC1)S(=O)(=O)CCCCC(F)(F)F. The minimum absolute atomic E-state index is 0.0328. The summed E-state index contributed by atoms with van der Waals surface area (Å²) in [6.07, 6.45) is -4.07. The lowest BCUT2D eigenvalue weighted by molar-refractivity contribution is -0.143. The highest BCUT2D eigenvalue weighted by Gasteiger charge is 2.37. The van der Waals surface area contributed by atoms with Gasteiger partial charge in [-0.1, -0.05) is 0 Å². The van der Waals surface area contributed by atoms with Crippen LogP contribution in [0.4, 0.5) is 13.2 Å². The average Bonchev–Trinajstić information content (AvgIpc) is 3.18. The Labute approximate surface area is 128 Å². The Hall–Kier alpha value is -0.830. The third-order valence-electron chi connectivity index (χ3n) is 3.27. The van der Waals surface area contributed by atoms with Crippen LogP contribution in [0.25, 0.3) is 0 Å². The number of esters is 1. The molecule has 0 atom stereocenters. The van der Waals surface area contributed by atoms with Crippen LogP contribution in [0.3, 0.4) is 0 Å². The van der Waals surface area contributed by atoms with Crippen LogP contribution in [-0.4, -0.2) is 49.8 Å². The first-order valence-corrected chi connectivity index (χ1v) is 8.98. The van der Waals surface area contributed by atoms with E-state index in [4.69, 9.17) is 4.74 Å². The third-order valence-corrected chi connectivity index (χ3v) is 5.27. The second-order valence-electron chi connectivity index (χ2n) is 5.29. The van der Waals surface area contributed by atoms with E-state index in [1.54, 1.807) is 6.92 Å². The van der Waals surface area contributed by atoms with Crippen molar-refractivity contribution in [3.05, 3.63) is 0 Å². The van der Waals surface area contributed by atoms with Crippen LogP contribution in [0.5, 0.6) is 0 Å². The fourth-order valence-electron chi connectivity index (χ4n) is 2.07. The molecule has 9 heteroatoms. The molecule has 0 unspecified atom stereocenters. The first kappa shape index (κ1) is 19.2. The summed E-state index contributed by atoms with van der Waals surface area (Å²) >= 11 is 0. The Bertz CT molecular complexity index is 460. The van der Waals surface area contributed by atoms with Gasteiger partial charge in [-0.15, -0.1) is 0 Å². The molecule has 0 aliphatic heterocycles. The molecule has 0 N–H and O–H groups in total. The van der Waals surface area contributed by atoms with Crippen LogP contribution in [0.2, 0.25) is 0 Å². The second kappa shape index (κ2) is 8.14. The van der Waals surface area contributed by atoms with Crippen molar-refractivity contribution in [2.45, 2.75) is 57.7 Å². The summed E-state index contributed by atoms with van der Waals surface area (Å²) in [5.41, 5.74) is 0. The summed E-state index contributed by atoms with van der Waals surface area (Å²) in [5, 5.41) is 0. The number of alkyl halides is 3. The molecule has 130 valence electrons. The van der Waals surface area contributed by atoms with Crippen molar-refractivity contribution in [2.75, 3.05) is 18.9 Å². The lowest BCUT2D eigenvalue weighted by atomic mass is 10.2. The second-order valence-corrected chi connectivity index (χ2v) is 7.33. The fraction of sp³-hybridized carbons (Fsp3) is 0.923. The van der Waals surface area contributed by atoms with E-state index in [1.807, 2.05) is 0 Å². The molecule has 1 rings (SSSR count). The van der Waals surface area contributed by atoms with E-state index in [0.29, 0.717) is 0 Å². The molecule has 1 aliphatic rings. The minimum atomic E-state index is -4.26. The highest BCUT2D eigenvalue weighted by atomic mass is 32.2. The van der Waals surface area contributed by atoms with Crippen molar-refractivity contribution in [2.24, 2.45) is 0 Å². The van der Waals surface area contributed by atoms with Gasteiger partial charge in [0.25, 0.3) is 0 Å². The van der Waals surface area contributed by atoms with E-state index in [9.17, 15) is 26.4 Å². The van der Waals surface area contributed by atoms with Crippen molar-refractivity contribution in [1.82, 2.24) is 4.31 Å². The monoisotopic (exact) mass is 345 g/mol. The zero-order chi connectivity index (χ0) is 16.8. The number of hydrogen-bond donors (Lipinski definition) is 0. The van der Waals surface area contributed by atoms with Crippen LogP contribution in [0.1, 0.15) is 45.4 Å². The van der Waals surface area contributed by atoms with Gasteiger partial charge in [0.1, 0.15) is 0 Å². The number of rotatable bonds is 10. The zero-order valence-corrected chi connectivity index (χ0v) is 13.4. The van der Waals surface area contributed by atoms with Gasteiger partial charge in [0.2, 0.25) is 10.0 Å². The molecular weight excluding hydrogens is 323 g/mol. The van der Waals surface area contributed by atoms with Gasteiger partial charge in [0.05, 0.1) is 18.8 Å². The van der Waals surface area contributed by atoms with Crippen molar-refractivity contribution in [3.63, 3.8) is 0 Å².